The Hall–Kier alpha value is -1.87. The third kappa shape index (κ3) is 6.94. The number of benzene rings is 1. The number of carbonyl (C=O) groups excluding carboxylic acids is 1. The zero-order valence-corrected chi connectivity index (χ0v) is 16.5. The van der Waals surface area contributed by atoms with Gasteiger partial charge in [-0.15, -0.1) is 0 Å². The van der Waals surface area contributed by atoms with Crippen LogP contribution < -0.4 is 11.1 Å². The van der Waals surface area contributed by atoms with Gasteiger partial charge < -0.3 is 21.1 Å². The highest BCUT2D eigenvalue weighted by Gasteiger charge is 2.40. The van der Waals surface area contributed by atoms with Crippen molar-refractivity contribution in [3.8, 4) is 0 Å². The summed E-state index contributed by atoms with van der Waals surface area (Å²) in [6, 6.07) is 2.27. The van der Waals surface area contributed by atoms with Crippen molar-refractivity contribution in [2.75, 3.05) is 6.54 Å². The lowest BCUT2D eigenvalue weighted by Gasteiger charge is -2.28. The number of hydrogen-bond donors (Lipinski definition) is 4. The molecule has 1 amide bonds. The normalized spacial score (nSPS) is 15.7. The molecule has 8 nitrogen and oxygen atoms in total. The third-order valence-electron chi connectivity index (χ3n) is 3.91. The van der Waals surface area contributed by atoms with Crippen molar-refractivity contribution < 1.29 is 37.5 Å². The Bertz CT molecular complexity index is 746. The Balaban J connectivity index is 2.99. The van der Waals surface area contributed by atoms with Crippen LogP contribution in [0.4, 0.5) is 8.78 Å². The first-order chi connectivity index (χ1) is 13.0. The number of nitrogens with two attached hydrogens (primary N) is 1. The molecule has 0 aliphatic rings. The number of rotatable bonds is 11. The van der Waals surface area contributed by atoms with E-state index >= 15 is 0 Å². The second-order valence-corrected chi connectivity index (χ2v) is 8.46. The molecule has 0 aliphatic carbocycles. The molecule has 0 bridgehead atoms. The van der Waals surface area contributed by atoms with Crippen LogP contribution in [0.25, 0.3) is 0 Å². The maximum atomic E-state index is 13.8. The zero-order chi connectivity index (χ0) is 21.5. The highest BCUT2D eigenvalue weighted by Crippen LogP contribution is 2.50. The molecule has 1 aromatic rings. The van der Waals surface area contributed by atoms with E-state index in [1.807, 2.05) is 0 Å². The van der Waals surface area contributed by atoms with Crippen LogP contribution in [0.15, 0.2) is 18.2 Å². The first-order valence-electron chi connectivity index (χ1n) is 8.69. The monoisotopic (exact) mass is 422 g/mol. The first-order valence-corrected chi connectivity index (χ1v) is 10.3. The van der Waals surface area contributed by atoms with Gasteiger partial charge in [0, 0.05) is 6.07 Å². The van der Waals surface area contributed by atoms with Gasteiger partial charge in [-0.1, -0.05) is 13.8 Å². The van der Waals surface area contributed by atoms with Crippen molar-refractivity contribution in [2.24, 2.45) is 11.7 Å². The first kappa shape index (κ1) is 24.2. The smallest absolute Gasteiger partial charge is 0.351 e. The van der Waals surface area contributed by atoms with Gasteiger partial charge in [-0.05, 0) is 43.9 Å². The maximum absolute atomic E-state index is 13.8. The van der Waals surface area contributed by atoms with Gasteiger partial charge in [-0.2, -0.15) is 0 Å². The minimum atomic E-state index is -4.66. The predicted molar refractivity (Wildman–Crippen MR) is 97.7 cm³/mol. The molecule has 0 saturated heterocycles. The Morgan fingerprint density at radius 3 is 2.43 bits per heavy atom. The standard InChI is InChI=1S/C17H25F2N2O6P/c1-10(2)16(21-15(22)12-7-6-11(18)9-13(12)19)28(25,26)27-14(17(23)24)5-3-4-8-20/h6-7,9-10,14,16H,3-5,8,20H2,1-2H3,(H,21,22)(H,23,24)(H,25,26)/t14-,16?/m1/s1. The molecule has 5 N–H and O–H groups in total. The highest BCUT2D eigenvalue weighted by molar-refractivity contribution is 7.53. The lowest BCUT2D eigenvalue weighted by Crippen LogP contribution is -2.40. The van der Waals surface area contributed by atoms with E-state index in [-0.39, 0.29) is 6.42 Å². The zero-order valence-electron chi connectivity index (χ0n) is 15.6. The molecule has 0 heterocycles. The quantitative estimate of drug-likeness (QED) is 0.317. The van der Waals surface area contributed by atoms with Crippen LogP contribution in [0.5, 0.6) is 0 Å². The SMILES string of the molecule is CC(C)C(NC(=O)c1ccc(F)cc1F)P(=O)(O)O[C@H](CCCCN)C(=O)O. The summed E-state index contributed by atoms with van der Waals surface area (Å²) in [5, 5.41) is 11.4. The number of hydrogen-bond acceptors (Lipinski definition) is 5. The molecule has 1 rings (SSSR count). The number of carboxylic acid groups (broad SMARTS) is 1. The van der Waals surface area contributed by atoms with Crippen LogP contribution in [0, 0.1) is 17.6 Å². The van der Waals surface area contributed by atoms with Gasteiger partial charge in [0.2, 0.25) is 0 Å². The van der Waals surface area contributed by atoms with Gasteiger partial charge in [0.05, 0.1) is 5.56 Å². The van der Waals surface area contributed by atoms with E-state index in [9.17, 15) is 32.9 Å². The van der Waals surface area contributed by atoms with Crippen molar-refractivity contribution in [1.29, 1.82) is 0 Å². The molecule has 158 valence electrons. The number of aliphatic carboxylic acids is 1. The summed E-state index contributed by atoms with van der Waals surface area (Å²) >= 11 is 0. The molecule has 0 aliphatic heterocycles. The summed E-state index contributed by atoms with van der Waals surface area (Å²) in [5.41, 5.74) is 4.82. The van der Waals surface area contributed by atoms with Crippen molar-refractivity contribution in [3.05, 3.63) is 35.4 Å². The molecule has 11 heteroatoms. The summed E-state index contributed by atoms with van der Waals surface area (Å²) in [5.74, 6) is -6.65. The average Bonchev–Trinajstić information content (AvgIpc) is 2.58. The molecular weight excluding hydrogens is 397 g/mol. The van der Waals surface area contributed by atoms with Gasteiger partial charge in [-0.25, -0.2) is 13.6 Å². The molecule has 0 spiro atoms. The van der Waals surface area contributed by atoms with Gasteiger partial charge in [-0.3, -0.25) is 13.9 Å². The fourth-order valence-corrected chi connectivity index (χ4v) is 4.18. The Kier molecular flexibility index (Phi) is 9.16. The van der Waals surface area contributed by atoms with E-state index in [2.05, 4.69) is 5.32 Å². The summed E-state index contributed by atoms with van der Waals surface area (Å²) in [4.78, 5) is 33.9. The van der Waals surface area contributed by atoms with Crippen molar-refractivity contribution in [2.45, 2.75) is 45.0 Å². The van der Waals surface area contributed by atoms with E-state index in [1.54, 1.807) is 0 Å². The number of amides is 1. The Morgan fingerprint density at radius 1 is 1.29 bits per heavy atom. The second-order valence-electron chi connectivity index (χ2n) is 6.57. The number of unbranched alkanes of at least 4 members (excludes halogenated alkanes) is 1. The minimum absolute atomic E-state index is 0.0393. The summed E-state index contributed by atoms with van der Waals surface area (Å²) in [6.07, 6.45) is -0.727. The molecular formula is C17H25F2N2O6P. The van der Waals surface area contributed by atoms with E-state index < -0.39 is 54.5 Å². The minimum Gasteiger partial charge on any atom is -0.479 e. The average molecular weight is 422 g/mol. The van der Waals surface area contributed by atoms with Gasteiger partial charge in [0.25, 0.3) is 5.91 Å². The number of carbonyl (C=O) groups is 2. The Labute approximate surface area is 161 Å². The molecule has 1 aromatic carbocycles. The molecule has 0 saturated carbocycles. The topological polar surface area (TPSA) is 139 Å². The summed E-state index contributed by atoms with van der Waals surface area (Å²) in [6.45, 7) is 3.34. The van der Waals surface area contributed by atoms with Crippen molar-refractivity contribution in [3.63, 3.8) is 0 Å². The molecule has 2 unspecified atom stereocenters. The fourth-order valence-electron chi connectivity index (χ4n) is 2.45. The van der Waals surface area contributed by atoms with E-state index in [4.69, 9.17) is 10.3 Å². The van der Waals surface area contributed by atoms with Crippen LogP contribution in [0.3, 0.4) is 0 Å². The Morgan fingerprint density at radius 2 is 1.93 bits per heavy atom. The lowest BCUT2D eigenvalue weighted by molar-refractivity contribution is -0.145. The lowest BCUT2D eigenvalue weighted by atomic mass is 10.1. The highest BCUT2D eigenvalue weighted by atomic mass is 31.2. The van der Waals surface area contributed by atoms with Crippen LogP contribution >= 0.6 is 7.60 Å². The van der Waals surface area contributed by atoms with Crippen LogP contribution in [0.2, 0.25) is 0 Å². The largest absolute Gasteiger partial charge is 0.479 e. The van der Waals surface area contributed by atoms with Crippen LogP contribution in [-0.4, -0.2) is 40.3 Å². The van der Waals surface area contributed by atoms with Gasteiger partial charge in [0.1, 0.15) is 17.4 Å². The summed E-state index contributed by atoms with van der Waals surface area (Å²) in [7, 11) is -4.66. The van der Waals surface area contributed by atoms with E-state index in [0.29, 0.717) is 25.5 Å². The molecule has 0 radical (unpaired) electrons. The summed E-state index contributed by atoms with van der Waals surface area (Å²) < 4.78 is 44.4. The third-order valence-corrected chi connectivity index (χ3v) is 5.90. The number of nitrogens with one attached hydrogen (secondary N) is 1. The fraction of sp³-hybridized carbons (Fsp3) is 0.529. The molecule has 3 atom stereocenters. The second kappa shape index (κ2) is 10.6. The van der Waals surface area contributed by atoms with Gasteiger partial charge in [0.15, 0.2) is 6.10 Å². The van der Waals surface area contributed by atoms with Crippen LogP contribution in [0.1, 0.15) is 43.5 Å². The van der Waals surface area contributed by atoms with Crippen molar-refractivity contribution >= 4 is 19.5 Å². The number of carboxylic acids is 1. The molecule has 0 fully saturated rings. The molecule has 0 aromatic heterocycles. The van der Waals surface area contributed by atoms with Crippen LogP contribution in [-0.2, 0) is 13.9 Å². The van der Waals surface area contributed by atoms with Gasteiger partial charge >= 0.3 is 13.6 Å². The molecule has 28 heavy (non-hydrogen) atoms. The van der Waals surface area contributed by atoms with E-state index in [0.717, 1.165) is 12.1 Å². The van der Waals surface area contributed by atoms with Crippen molar-refractivity contribution in [1.82, 2.24) is 5.32 Å². The number of halogens is 2. The maximum Gasteiger partial charge on any atom is 0.351 e. The predicted octanol–water partition coefficient (Wildman–Crippen LogP) is 2.46. The van der Waals surface area contributed by atoms with E-state index in [1.165, 1.54) is 13.8 Å².